The summed E-state index contributed by atoms with van der Waals surface area (Å²) in [4.78, 5) is 0. The van der Waals surface area contributed by atoms with Crippen LogP contribution < -0.4 is 16.4 Å². The molecule has 0 saturated carbocycles. The standard InChI is InChI=1S/C58H41B3N2/c59-55-53(44-27-31-51-48(35-44)47-20-9-10-21-50(47)62(51)46-19-11-18-41(33-46)37-14-5-2-6-15-37)56(60)57(61)58-54(55)49-34-43(42-23-22-38-16-7-8-17-40(38)32-42)26-30-52(49)63(58)45-28-24-39(25-29-45)36-12-3-1-4-13-36/h1-35H,59-61H2. The number of hydrogen-bond donors (Lipinski definition) is 0. The second-order valence-electron chi connectivity index (χ2n) is 17.0. The van der Waals surface area contributed by atoms with Gasteiger partial charge in [-0.05, 0) is 116 Å². The maximum absolute atomic E-state index is 2.50. The maximum Gasteiger partial charge on any atom is 0.141 e. The van der Waals surface area contributed by atoms with Gasteiger partial charge in [0.1, 0.15) is 23.5 Å². The van der Waals surface area contributed by atoms with Gasteiger partial charge >= 0.3 is 0 Å². The highest BCUT2D eigenvalue weighted by Gasteiger charge is 2.23. The van der Waals surface area contributed by atoms with Gasteiger partial charge in [0.25, 0.3) is 0 Å². The molecule has 0 spiro atoms. The van der Waals surface area contributed by atoms with E-state index in [1.165, 1.54) is 115 Å². The normalized spacial score (nSPS) is 11.7. The Morgan fingerprint density at radius 2 is 0.825 bits per heavy atom. The van der Waals surface area contributed by atoms with Crippen molar-refractivity contribution >= 4 is 94.3 Å². The van der Waals surface area contributed by atoms with Crippen molar-refractivity contribution in [2.45, 2.75) is 0 Å². The first-order valence-corrected chi connectivity index (χ1v) is 21.9. The number of nitrogens with zero attached hydrogens (tertiary/aromatic N) is 2. The predicted octanol–water partition coefficient (Wildman–Crippen LogP) is 10.5. The lowest BCUT2D eigenvalue weighted by Crippen LogP contribution is -2.35. The molecule has 0 radical (unpaired) electrons. The molecule has 0 aliphatic heterocycles. The molecule has 0 atom stereocenters. The second kappa shape index (κ2) is 14.7. The zero-order valence-corrected chi connectivity index (χ0v) is 35.6. The Morgan fingerprint density at radius 1 is 0.286 bits per heavy atom. The Balaban J connectivity index is 1.08. The van der Waals surface area contributed by atoms with E-state index in [1.54, 1.807) is 0 Å². The predicted molar refractivity (Wildman–Crippen MR) is 279 cm³/mol. The molecule has 5 heteroatoms. The highest BCUT2D eigenvalue weighted by Crippen LogP contribution is 2.39. The average Bonchev–Trinajstić information content (AvgIpc) is 3.87. The van der Waals surface area contributed by atoms with E-state index in [4.69, 9.17) is 0 Å². The Morgan fingerprint density at radius 3 is 1.60 bits per heavy atom. The highest BCUT2D eigenvalue weighted by molar-refractivity contribution is 6.60. The van der Waals surface area contributed by atoms with Crippen molar-refractivity contribution in [3.05, 3.63) is 212 Å². The molecule has 0 aliphatic rings. The lowest BCUT2D eigenvalue weighted by atomic mass is 9.69. The van der Waals surface area contributed by atoms with Crippen LogP contribution in [0.4, 0.5) is 0 Å². The first-order valence-electron chi connectivity index (χ1n) is 21.9. The number of para-hydroxylation sites is 1. The van der Waals surface area contributed by atoms with Gasteiger partial charge in [0, 0.05) is 38.4 Å². The third-order valence-corrected chi connectivity index (χ3v) is 13.5. The number of hydrogen-bond acceptors (Lipinski definition) is 0. The summed E-state index contributed by atoms with van der Waals surface area (Å²) in [5.41, 5.74) is 20.9. The van der Waals surface area contributed by atoms with Gasteiger partial charge in [0.15, 0.2) is 0 Å². The molecule has 0 unspecified atom stereocenters. The van der Waals surface area contributed by atoms with Gasteiger partial charge < -0.3 is 9.13 Å². The van der Waals surface area contributed by atoms with Gasteiger partial charge in [-0.15, -0.1) is 0 Å². The van der Waals surface area contributed by atoms with E-state index >= 15 is 0 Å². The summed E-state index contributed by atoms with van der Waals surface area (Å²) < 4.78 is 4.93. The fourth-order valence-corrected chi connectivity index (χ4v) is 10.3. The first-order chi connectivity index (χ1) is 31.0. The zero-order valence-electron chi connectivity index (χ0n) is 35.6. The van der Waals surface area contributed by atoms with Gasteiger partial charge in [-0.3, -0.25) is 0 Å². The Kier molecular flexibility index (Phi) is 8.65. The molecule has 292 valence electrons. The second-order valence-corrected chi connectivity index (χ2v) is 17.0. The van der Waals surface area contributed by atoms with Crippen LogP contribution in [0.5, 0.6) is 0 Å². The van der Waals surface area contributed by atoms with Gasteiger partial charge in [0.05, 0.1) is 16.6 Å². The summed E-state index contributed by atoms with van der Waals surface area (Å²) in [6, 6.07) is 77.9. The van der Waals surface area contributed by atoms with Gasteiger partial charge in [-0.2, -0.15) is 0 Å². The smallest absolute Gasteiger partial charge is 0.141 e. The first kappa shape index (κ1) is 37.1. The van der Waals surface area contributed by atoms with E-state index < -0.39 is 0 Å². The van der Waals surface area contributed by atoms with Gasteiger partial charge in [0.2, 0.25) is 0 Å². The van der Waals surface area contributed by atoms with Crippen LogP contribution in [0.1, 0.15) is 0 Å². The molecule has 12 aromatic rings. The minimum Gasteiger partial charge on any atom is -0.310 e. The lowest BCUT2D eigenvalue weighted by Gasteiger charge is -2.19. The van der Waals surface area contributed by atoms with Crippen molar-refractivity contribution in [3.63, 3.8) is 0 Å². The number of fused-ring (bicyclic) bond motifs is 7. The maximum atomic E-state index is 2.50. The van der Waals surface area contributed by atoms with Crippen LogP contribution >= 0.6 is 0 Å². The van der Waals surface area contributed by atoms with E-state index in [9.17, 15) is 0 Å². The lowest BCUT2D eigenvalue weighted by molar-refractivity contribution is 1.18. The summed E-state index contributed by atoms with van der Waals surface area (Å²) in [6.07, 6.45) is 0. The molecule has 0 bridgehead atoms. The summed E-state index contributed by atoms with van der Waals surface area (Å²) in [6.45, 7) is 0. The van der Waals surface area contributed by atoms with Gasteiger partial charge in [-0.25, -0.2) is 0 Å². The number of aromatic nitrogens is 2. The van der Waals surface area contributed by atoms with Crippen molar-refractivity contribution < 1.29 is 0 Å². The average molecular weight is 798 g/mol. The molecule has 12 rings (SSSR count). The molecule has 2 nitrogen and oxygen atoms in total. The minimum atomic E-state index is 1.16. The number of benzene rings is 10. The molecule has 0 amide bonds. The molecule has 0 aliphatic carbocycles. The molecule has 0 fully saturated rings. The molecule has 0 saturated heterocycles. The Bertz CT molecular complexity index is 3750. The van der Waals surface area contributed by atoms with Crippen molar-refractivity contribution in [1.82, 2.24) is 9.13 Å². The molecular formula is C58H41B3N2. The van der Waals surface area contributed by atoms with Crippen LogP contribution in [-0.4, -0.2) is 32.7 Å². The molecule has 2 heterocycles. The van der Waals surface area contributed by atoms with Gasteiger partial charge in [-0.1, -0.05) is 168 Å². The van der Waals surface area contributed by atoms with Crippen LogP contribution in [0.25, 0.3) is 110 Å². The van der Waals surface area contributed by atoms with Crippen LogP contribution in [0, 0.1) is 0 Å². The summed E-state index contributed by atoms with van der Waals surface area (Å²) in [5, 5.41) is 7.58. The van der Waals surface area contributed by atoms with E-state index in [0.717, 1.165) is 11.4 Å². The monoisotopic (exact) mass is 798 g/mol. The topological polar surface area (TPSA) is 9.86 Å². The zero-order chi connectivity index (χ0) is 42.2. The third-order valence-electron chi connectivity index (χ3n) is 13.5. The van der Waals surface area contributed by atoms with Crippen LogP contribution in [0.2, 0.25) is 0 Å². The molecule has 10 aromatic carbocycles. The third kappa shape index (κ3) is 5.99. The van der Waals surface area contributed by atoms with Crippen molar-refractivity contribution in [3.8, 4) is 55.9 Å². The summed E-state index contributed by atoms with van der Waals surface area (Å²) >= 11 is 0. The van der Waals surface area contributed by atoms with E-state index in [-0.39, 0.29) is 0 Å². The van der Waals surface area contributed by atoms with Crippen molar-refractivity contribution in [2.75, 3.05) is 0 Å². The summed E-state index contributed by atoms with van der Waals surface area (Å²) in [7, 11) is 6.99. The Labute approximate surface area is 369 Å². The molecule has 2 aromatic heterocycles. The van der Waals surface area contributed by atoms with E-state index in [0.29, 0.717) is 0 Å². The minimum absolute atomic E-state index is 1.16. The van der Waals surface area contributed by atoms with Crippen molar-refractivity contribution in [2.24, 2.45) is 0 Å². The Hall–Kier alpha value is -7.75. The largest absolute Gasteiger partial charge is 0.310 e. The fourth-order valence-electron chi connectivity index (χ4n) is 10.3. The molecular weight excluding hydrogens is 757 g/mol. The van der Waals surface area contributed by atoms with Crippen LogP contribution in [-0.2, 0) is 0 Å². The molecule has 0 N–H and O–H groups in total. The van der Waals surface area contributed by atoms with E-state index in [2.05, 4.69) is 245 Å². The van der Waals surface area contributed by atoms with Crippen molar-refractivity contribution in [1.29, 1.82) is 0 Å². The number of rotatable bonds is 6. The van der Waals surface area contributed by atoms with Crippen LogP contribution in [0.15, 0.2) is 212 Å². The quantitative estimate of drug-likeness (QED) is 0.148. The van der Waals surface area contributed by atoms with Crippen LogP contribution in [0.3, 0.4) is 0 Å². The summed E-state index contributed by atoms with van der Waals surface area (Å²) in [5.74, 6) is 0. The highest BCUT2D eigenvalue weighted by atomic mass is 15.0. The SMILES string of the molecule is Bc1c(-c2ccc3c(c2)c2ccccc2n3-c2cccc(-c3ccccc3)c2)c(B)c2c3cc(-c4ccc5ccccc5c4)ccc3n(-c3ccc(-c4ccccc4)cc3)c2c1B. The fraction of sp³-hybridized carbons (Fsp3) is 0. The molecule has 63 heavy (non-hydrogen) atoms. The van der Waals surface area contributed by atoms with E-state index in [1.807, 2.05) is 0 Å².